The van der Waals surface area contributed by atoms with E-state index in [1.54, 1.807) is 5.57 Å². The van der Waals surface area contributed by atoms with Gasteiger partial charge in [0.25, 0.3) is 0 Å². The van der Waals surface area contributed by atoms with Crippen LogP contribution in [0.5, 0.6) is 0 Å². The monoisotopic (exact) mass is 288 g/mol. The lowest BCUT2D eigenvalue weighted by Gasteiger charge is -2.58. The molecule has 3 saturated carbocycles. The fourth-order valence-corrected chi connectivity index (χ4v) is 7.05. The Balaban J connectivity index is 1.68. The molecular formula is C20H32O. The van der Waals surface area contributed by atoms with Crippen molar-refractivity contribution < 1.29 is 4.74 Å². The van der Waals surface area contributed by atoms with E-state index < -0.39 is 0 Å². The number of rotatable bonds is 0. The smallest absolute Gasteiger partial charge is 0.0675 e. The van der Waals surface area contributed by atoms with E-state index in [9.17, 15) is 0 Å². The van der Waals surface area contributed by atoms with Gasteiger partial charge in [0.05, 0.1) is 12.7 Å². The number of hydrogen-bond donors (Lipinski definition) is 0. The highest BCUT2D eigenvalue weighted by Crippen LogP contribution is 2.66. The van der Waals surface area contributed by atoms with Gasteiger partial charge in [0.2, 0.25) is 0 Å². The Morgan fingerprint density at radius 1 is 1.14 bits per heavy atom. The van der Waals surface area contributed by atoms with Gasteiger partial charge in [0, 0.05) is 5.92 Å². The number of fused-ring (bicyclic) bond motifs is 5. The molecule has 0 spiro atoms. The van der Waals surface area contributed by atoms with Gasteiger partial charge in [-0.1, -0.05) is 38.8 Å². The van der Waals surface area contributed by atoms with Crippen LogP contribution in [-0.4, -0.2) is 12.7 Å². The Labute approximate surface area is 130 Å². The molecule has 1 nitrogen and oxygen atoms in total. The maximum absolute atomic E-state index is 6.24. The van der Waals surface area contributed by atoms with Gasteiger partial charge in [-0.3, -0.25) is 0 Å². The van der Waals surface area contributed by atoms with E-state index in [1.807, 2.05) is 0 Å². The summed E-state index contributed by atoms with van der Waals surface area (Å²) in [5.41, 5.74) is 2.75. The molecule has 118 valence electrons. The molecular weight excluding hydrogens is 256 g/mol. The van der Waals surface area contributed by atoms with Gasteiger partial charge < -0.3 is 4.74 Å². The zero-order valence-corrected chi connectivity index (χ0v) is 14.3. The summed E-state index contributed by atoms with van der Waals surface area (Å²) in [6, 6.07) is 0. The van der Waals surface area contributed by atoms with Crippen molar-refractivity contribution in [2.24, 2.45) is 34.5 Å². The topological polar surface area (TPSA) is 9.23 Å². The molecule has 1 heteroatoms. The fourth-order valence-electron chi connectivity index (χ4n) is 7.05. The first-order chi connectivity index (χ1) is 9.93. The van der Waals surface area contributed by atoms with Crippen LogP contribution in [0.3, 0.4) is 0 Å². The zero-order valence-electron chi connectivity index (χ0n) is 14.3. The van der Waals surface area contributed by atoms with Crippen LogP contribution in [-0.2, 0) is 4.74 Å². The molecule has 0 N–H and O–H groups in total. The predicted octanol–water partition coefficient (Wildman–Crippen LogP) is 5.21. The molecule has 21 heavy (non-hydrogen) atoms. The second-order valence-electron chi connectivity index (χ2n) is 9.34. The molecule has 6 unspecified atom stereocenters. The normalized spacial score (nSPS) is 51.6. The fraction of sp³-hybridized carbons (Fsp3) is 0.900. The van der Waals surface area contributed by atoms with Crippen LogP contribution in [0, 0.1) is 34.5 Å². The number of ether oxygens (including phenoxy) is 1. The molecule has 1 heterocycles. The quantitative estimate of drug-likeness (QED) is 0.556. The van der Waals surface area contributed by atoms with E-state index in [2.05, 4.69) is 33.8 Å². The standard InChI is InChI=1S/C20H32O/c1-13-8-11-21-18-14-6-7-17-19(2,3)9-5-10-20(17,4)16(14)12-15(13)18/h8,14-18H,5-7,9-12H2,1-4H3. The van der Waals surface area contributed by atoms with Crippen molar-refractivity contribution in [2.75, 3.05) is 6.61 Å². The molecule has 0 saturated heterocycles. The molecule has 0 aromatic heterocycles. The van der Waals surface area contributed by atoms with E-state index >= 15 is 0 Å². The van der Waals surface area contributed by atoms with Crippen LogP contribution >= 0.6 is 0 Å². The van der Waals surface area contributed by atoms with Crippen LogP contribution < -0.4 is 0 Å². The van der Waals surface area contributed by atoms with E-state index in [-0.39, 0.29) is 0 Å². The molecule has 4 rings (SSSR count). The van der Waals surface area contributed by atoms with Crippen molar-refractivity contribution in [1.29, 1.82) is 0 Å². The predicted molar refractivity (Wildman–Crippen MR) is 87.0 cm³/mol. The minimum Gasteiger partial charge on any atom is -0.373 e. The molecule has 6 atom stereocenters. The first-order valence-corrected chi connectivity index (χ1v) is 9.22. The molecule has 3 fully saturated rings. The molecule has 0 bridgehead atoms. The summed E-state index contributed by atoms with van der Waals surface area (Å²) in [6.45, 7) is 10.9. The Morgan fingerprint density at radius 3 is 2.76 bits per heavy atom. The van der Waals surface area contributed by atoms with Gasteiger partial charge >= 0.3 is 0 Å². The average molecular weight is 288 g/mol. The second kappa shape index (κ2) is 4.60. The zero-order chi connectivity index (χ0) is 14.8. The summed E-state index contributed by atoms with van der Waals surface area (Å²) in [5, 5.41) is 0. The van der Waals surface area contributed by atoms with Crippen molar-refractivity contribution in [1.82, 2.24) is 0 Å². The molecule has 1 aliphatic heterocycles. The van der Waals surface area contributed by atoms with Gasteiger partial charge in [-0.2, -0.15) is 0 Å². The second-order valence-corrected chi connectivity index (χ2v) is 9.34. The highest BCUT2D eigenvalue weighted by molar-refractivity contribution is 5.18. The lowest BCUT2D eigenvalue weighted by Crippen LogP contribution is -2.51. The Bertz CT molecular complexity index is 462. The largest absolute Gasteiger partial charge is 0.373 e. The minimum atomic E-state index is 0.544. The van der Waals surface area contributed by atoms with Crippen LogP contribution in [0.2, 0.25) is 0 Å². The minimum absolute atomic E-state index is 0.544. The first kappa shape index (κ1) is 14.3. The van der Waals surface area contributed by atoms with Crippen molar-refractivity contribution in [2.45, 2.75) is 72.3 Å². The van der Waals surface area contributed by atoms with Crippen LogP contribution in [0.15, 0.2) is 11.6 Å². The van der Waals surface area contributed by atoms with Gasteiger partial charge in [-0.05, 0) is 67.6 Å². The molecule has 3 aliphatic carbocycles. The highest BCUT2D eigenvalue weighted by Gasteiger charge is 2.60. The number of hydrogen-bond acceptors (Lipinski definition) is 1. The van der Waals surface area contributed by atoms with Gasteiger partial charge in [-0.25, -0.2) is 0 Å². The van der Waals surface area contributed by atoms with Crippen molar-refractivity contribution in [3.63, 3.8) is 0 Å². The van der Waals surface area contributed by atoms with Crippen LogP contribution in [0.25, 0.3) is 0 Å². The Hall–Kier alpha value is -0.300. The lowest BCUT2D eigenvalue weighted by atomic mass is 9.47. The third-order valence-electron chi connectivity index (χ3n) is 8.03. The van der Waals surface area contributed by atoms with Gasteiger partial charge in [0.1, 0.15) is 0 Å². The third kappa shape index (κ3) is 1.92. The maximum atomic E-state index is 6.24. The summed E-state index contributed by atoms with van der Waals surface area (Å²) in [6.07, 6.45) is 11.5. The van der Waals surface area contributed by atoms with Gasteiger partial charge in [0.15, 0.2) is 0 Å². The SMILES string of the molecule is CC1=CCOC2C1CC1C2CCC2C(C)(C)CCCC12C. The van der Waals surface area contributed by atoms with E-state index in [0.717, 1.165) is 30.3 Å². The maximum Gasteiger partial charge on any atom is 0.0675 e. The lowest BCUT2D eigenvalue weighted by molar-refractivity contribution is -0.106. The summed E-state index contributed by atoms with van der Waals surface area (Å²) in [7, 11) is 0. The molecule has 0 aromatic rings. The van der Waals surface area contributed by atoms with E-state index in [0.29, 0.717) is 16.9 Å². The summed E-state index contributed by atoms with van der Waals surface area (Å²) in [5.74, 6) is 3.42. The van der Waals surface area contributed by atoms with E-state index in [4.69, 9.17) is 4.74 Å². The van der Waals surface area contributed by atoms with E-state index in [1.165, 1.54) is 38.5 Å². The van der Waals surface area contributed by atoms with Crippen molar-refractivity contribution >= 4 is 0 Å². The average Bonchev–Trinajstić information content (AvgIpc) is 2.80. The third-order valence-corrected chi connectivity index (χ3v) is 8.03. The summed E-state index contributed by atoms with van der Waals surface area (Å²) >= 11 is 0. The van der Waals surface area contributed by atoms with Crippen LogP contribution in [0.1, 0.15) is 66.2 Å². The van der Waals surface area contributed by atoms with Crippen molar-refractivity contribution in [3.05, 3.63) is 11.6 Å². The first-order valence-electron chi connectivity index (χ1n) is 9.22. The molecule has 4 aliphatic rings. The molecule has 0 amide bonds. The Kier molecular flexibility index (Phi) is 3.13. The molecule has 0 radical (unpaired) electrons. The molecule has 0 aromatic carbocycles. The van der Waals surface area contributed by atoms with Gasteiger partial charge in [-0.15, -0.1) is 0 Å². The highest BCUT2D eigenvalue weighted by atomic mass is 16.5. The Morgan fingerprint density at radius 2 is 1.95 bits per heavy atom. The van der Waals surface area contributed by atoms with Crippen molar-refractivity contribution in [3.8, 4) is 0 Å². The summed E-state index contributed by atoms with van der Waals surface area (Å²) in [4.78, 5) is 0. The summed E-state index contributed by atoms with van der Waals surface area (Å²) < 4.78 is 6.24. The van der Waals surface area contributed by atoms with Crippen LogP contribution in [0.4, 0.5) is 0 Å².